The molecular formula is C19H20FN3O4. The number of methoxy groups -OCH3 is 1. The minimum atomic E-state index is -0.578. The molecule has 0 aliphatic heterocycles. The van der Waals surface area contributed by atoms with Crippen LogP contribution in [0.4, 0.5) is 14.9 Å². The van der Waals surface area contributed by atoms with Gasteiger partial charge in [-0.3, -0.25) is 4.79 Å². The van der Waals surface area contributed by atoms with Gasteiger partial charge in [-0.05, 0) is 42.8 Å². The van der Waals surface area contributed by atoms with E-state index >= 15 is 0 Å². The molecule has 2 rings (SSSR count). The quantitative estimate of drug-likeness (QED) is 0.513. The fourth-order valence-corrected chi connectivity index (χ4v) is 2.22. The summed E-state index contributed by atoms with van der Waals surface area (Å²) in [6.45, 7) is 0.616. The highest BCUT2D eigenvalue weighted by molar-refractivity contribution is 5.94. The van der Waals surface area contributed by atoms with Crippen LogP contribution in [0, 0.1) is 5.82 Å². The highest BCUT2D eigenvalue weighted by atomic mass is 19.1. The van der Waals surface area contributed by atoms with Crippen molar-refractivity contribution in [3.8, 4) is 0 Å². The molecule has 2 aromatic rings. The minimum absolute atomic E-state index is 0.0152. The Morgan fingerprint density at radius 3 is 2.30 bits per heavy atom. The van der Waals surface area contributed by atoms with Crippen LogP contribution in [0.25, 0.3) is 0 Å². The smallest absolute Gasteiger partial charge is 0.337 e. The van der Waals surface area contributed by atoms with Crippen molar-refractivity contribution >= 4 is 23.6 Å². The van der Waals surface area contributed by atoms with Gasteiger partial charge in [-0.15, -0.1) is 0 Å². The Hall–Kier alpha value is -3.42. The van der Waals surface area contributed by atoms with Crippen molar-refractivity contribution in [3.05, 3.63) is 65.5 Å². The van der Waals surface area contributed by atoms with Crippen LogP contribution in [0.5, 0.6) is 0 Å². The van der Waals surface area contributed by atoms with E-state index in [4.69, 9.17) is 0 Å². The van der Waals surface area contributed by atoms with Crippen LogP contribution in [-0.2, 0) is 4.74 Å². The number of urea groups is 1. The molecule has 0 aromatic heterocycles. The van der Waals surface area contributed by atoms with Gasteiger partial charge in [0.25, 0.3) is 5.91 Å². The second-order valence-corrected chi connectivity index (χ2v) is 5.54. The van der Waals surface area contributed by atoms with Crippen LogP contribution < -0.4 is 16.0 Å². The van der Waals surface area contributed by atoms with E-state index in [1.807, 2.05) is 0 Å². The van der Waals surface area contributed by atoms with Crippen LogP contribution in [-0.4, -0.2) is 38.1 Å². The van der Waals surface area contributed by atoms with Gasteiger partial charge in [-0.25, -0.2) is 14.0 Å². The molecule has 0 fully saturated rings. The number of rotatable bonds is 7. The Morgan fingerprint density at radius 1 is 0.963 bits per heavy atom. The fourth-order valence-electron chi connectivity index (χ4n) is 2.22. The van der Waals surface area contributed by atoms with Crippen molar-refractivity contribution in [3.63, 3.8) is 0 Å². The van der Waals surface area contributed by atoms with Crippen LogP contribution in [0.1, 0.15) is 27.1 Å². The van der Waals surface area contributed by atoms with Crippen molar-refractivity contribution in [1.29, 1.82) is 0 Å². The van der Waals surface area contributed by atoms with Crippen LogP contribution in [0.2, 0.25) is 0 Å². The third-order valence-corrected chi connectivity index (χ3v) is 3.61. The van der Waals surface area contributed by atoms with E-state index in [-0.39, 0.29) is 5.56 Å². The normalized spacial score (nSPS) is 10.0. The average molecular weight is 373 g/mol. The maximum atomic E-state index is 13.5. The van der Waals surface area contributed by atoms with Crippen LogP contribution in [0.3, 0.4) is 0 Å². The van der Waals surface area contributed by atoms with Gasteiger partial charge < -0.3 is 20.7 Å². The zero-order valence-corrected chi connectivity index (χ0v) is 14.8. The van der Waals surface area contributed by atoms with E-state index in [1.165, 1.54) is 25.3 Å². The molecule has 0 heterocycles. The highest BCUT2D eigenvalue weighted by Crippen LogP contribution is 2.10. The van der Waals surface area contributed by atoms with Crippen molar-refractivity contribution in [2.75, 3.05) is 25.5 Å². The largest absolute Gasteiger partial charge is 0.465 e. The number of hydrogen-bond acceptors (Lipinski definition) is 4. The predicted molar refractivity (Wildman–Crippen MR) is 98.2 cm³/mol. The molecule has 0 saturated carbocycles. The SMILES string of the molecule is COC(=O)c1ccc(NC(=O)NCCCNC(=O)c2ccccc2F)cc1. The van der Waals surface area contributed by atoms with Gasteiger partial charge in [0.2, 0.25) is 0 Å². The monoisotopic (exact) mass is 373 g/mol. The van der Waals surface area contributed by atoms with E-state index in [0.717, 1.165) is 0 Å². The molecule has 142 valence electrons. The first-order valence-corrected chi connectivity index (χ1v) is 8.27. The molecule has 7 nitrogen and oxygen atoms in total. The molecule has 0 spiro atoms. The summed E-state index contributed by atoms with van der Waals surface area (Å²) in [5.74, 6) is -1.53. The topological polar surface area (TPSA) is 96.5 Å². The molecule has 0 radical (unpaired) electrons. The molecule has 0 aliphatic rings. The van der Waals surface area contributed by atoms with E-state index in [0.29, 0.717) is 30.8 Å². The fraction of sp³-hybridized carbons (Fsp3) is 0.211. The third kappa shape index (κ3) is 6.10. The number of ether oxygens (including phenoxy) is 1. The standard InChI is InChI=1S/C19H20FN3O4/c1-27-18(25)13-7-9-14(10-8-13)23-19(26)22-12-4-11-21-17(24)15-5-2-3-6-16(15)20/h2-3,5-10H,4,11-12H2,1H3,(H,21,24)(H2,22,23,26). The minimum Gasteiger partial charge on any atom is -0.465 e. The molecule has 0 saturated heterocycles. The predicted octanol–water partition coefficient (Wildman–Crippen LogP) is 2.55. The molecular weight excluding hydrogens is 353 g/mol. The average Bonchev–Trinajstić information content (AvgIpc) is 2.68. The first kappa shape index (κ1) is 19.9. The van der Waals surface area contributed by atoms with Gasteiger partial charge in [-0.2, -0.15) is 0 Å². The summed E-state index contributed by atoms with van der Waals surface area (Å²) in [7, 11) is 1.29. The van der Waals surface area contributed by atoms with Gasteiger partial charge in [0.1, 0.15) is 5.82 Å². The number of hydrogen-bond donors (Lipinski definition) is 3. The molecule has 3 amide bonds. The van der Waals surface area contributed by atoms with E-state index < -0.39 is 23.7 Å². The summed E-state index contributed by atoms with van der Waals surface area (Å²) in [5, 5.41) is 7.85. The Kier molecular flexibility index (Phi) is 7.30. The first-order chi connectivity index (χ1) is 13.0. The zero-order chi connectivity index (χ0) is 19.6. The van der Waals surface area contributed by atoms with Gasteiger partial charge in [0, 0.05) is 18.8 Å². The van der Waals surface area contributed by atoms with Gasteiger partial charge in [-0.1, -0.05) is 12.1 Å². The van der Waals surface area contributed by atoms with E-state index in [9.17, 15) is 18.8 Å². The summed E-state index contributed by atoms with van der Waals surface area (Å²) in [6, 6.07) is 11.6. The number of nitrogens with one attached hydrogen (secondary N) is 3. The first-order valence-electron chi connectivity index (χ1n) is 8.27. The number of esters is 1. The maximum Gasteiger partial charge on any atom is 0.337 e. The molecule has 0 atom stereocenters. The third-order valence-electron chi connectivity index (χ3n) is 3.61. The Balaban J connectivity index is 1.67. The molecule has 2 aromatic carbocycles. The lowest BCUT2D eigenvalue weighted by atomic mass is 10.2. The molecule has 0 aliphatic carbocycles. The van der Waals surface area contributed by atoms with E-state index in [2.05, 4.69) is 20.7 Å². The van der Waals surface area contributed by atoms with Crippen LogP contribution in [0.15, 0.2) is 48.5 Å². The Labute approximate surface area is 155 Å². The summed E-state index contributed by atoms with van der Waals surface area (Å²) in [4.78, 5) is 35.0. The molecule has 8 heteroatoms. The summed E-state index contributed by atoms with van der Waals surface area (Å²) in [6.07, 6.45) is 0.481. The van der Waals surface area contributed by atoms with Gasteiger partial charge >= 0.3 is 12.0 Å². The molecule has 27 heavy (non-hydrogen) atoms. The lowest BCUT2D eigenvalue weighted by Crippen LogP contribution is -2.32. The number of carbonyl (C=O) groups is 3. The number of anilines is 1. The summed E-state index contributed by atoms with van der Waals surface area (Å²) >= 11 is 0. The van der Waals surface area contributed by atoms with E-state index in [1.54, 1.807) is 30.3 Å². The lowest BCUT2D eigenvalue weighted by molar-refractivity contribution is 0.0600. The number of amides is 3. The highest BCUT2D eigenvalue weighted by Gasteiger charge is 2.10. The number of carbonyl (C=O) groups excluding carboxylic acids is 3. The molecule has 3 N–H and O–H groups in total. The second kappa shape index (κ2) is 9.91. The van der Waals surface area contributed by atoms with Crippen molar-refractivity contribution < 1.29 is 23.5 Å². The number of halogens is 1. The maximum absolute atomic E-state index is 13.5. The Bertz CT molecular complexity index is 809. The van der Waals surface area contributed by atoms with Gasteiger partial charge in [0.05, 0.1) is 18.2 Å². The summed E-state index contributed by atoms with van der Waals surface area (Å²) < 4.78 is 18.1. The molecule has 0 unspecified atom stereocenters. The number of benzene rings is 2. The zero-order valence-electron chi connectivity index (χ0n) is 14.8. The van der Waals surface area contributed by atoms with Crippen LogP contribution >= 0.6 is 0 Å². The van der Waals surface area contributed by atoms with Gasteiger partial charge in [0.15, 0.2) is 0 Å². The second-order valence-electron chi connectivity index (χ2n) is 5.54. The van der Waals surface area contributed by atoms with Crippen molar-refractivity contribution in [2.45, 2.75) is 6.42 Å². The Morgan fingerprint density at radius 2 is 1.63 bits per heavy atom. The molecule has 0 bridgehead atoms. The van der Waals surface area contributed by atoms with Crippen molar-refractivity contribution in [2.24, 2.45) is 0 Å². The lowest BCUT2D eigenvalue weighted by Gasteiger charge is -2.09. The summed E-state index contributed by atoms with van der Waals surface area (Å²) in [5.41, 5.74) is 0.890. The van der Waals surface area contributed by atoms with Crippen molar-refractivity contribution in [1.82, 2.24) is 10.6 Å².